The van der Waals surface area contributed by atoms with Gasteiger partial charge in [-0.2, -0.15) is 0 Å². The fraction of sp³-hybridized carbons (Fsp3) is 0.913. The first kappa shape index (κ1) is 25.6. The van der Waals surface area contributed by atoms with Gasteiger partial charge < -0.3 is 24.8 Å². The number of allylic oxidation sites excluding steroid dienone is 1. The van der Waals surface area contributed by atoms with Crippen molar-refractivity contribution in [3.63, 3.8) is 0 Å². The van der Waals surface area contributed by atoms with Gasteiger partial charge in [-0.25, -0.2) is 0 Å². The van der Waals surface area contributed by atoms with Crippen LogP contribution in [0.25, 0.3) is 0 Å². The van der Waals surface area contributed by atoms with Crippen LogP contribution in [0.15, 0.2) is 12.7 Å². The van der Waals surface area contributed by atoms with Crippen molar-refractivity contribution in [2.75, 3.05) is 19.8 Å². The lowest BCUT2D eigenvalue weighted by molar-refractivity contribution is -0.199. The average Bonchev–Trinajstić information content (AvgIpc) is 2.70. The molecule has 0 aromatic heterocycles. The van der Waals surface area contributed by atoms with Crippen LogP contribution in [0.2, 0.25) is 0 Å². The lowest BCUT2D eigenvalue weighted by Gasteiger charge is -2.35. The SMILES string of the molecule is C=CCCCCCCCCCCCCCCCOC[C@H]1OC[C@H](O)[C@@H](O)[C@@H]1O. The molecule has 0 radical (unpaired) electrons. The van der Waals surface area contributed by atoms with Gasteiger partial charge in [0.2, 0.25) is 0 Å². The minimum atomic E-state index is -1.15. The van der Waals surface area contributed by atoms with Crippen molar-refractivity contribution in [3.05, 3.63) is 12.7 Å². The predicted molar refractivity (Wildman–Crippen MR) is 113 cm³/mol. The van der Waals surface area contributed by atoms with Crippen LogP contribution in [0, 0.1) is 0 Å². The third-order valence-corrected chi connectivity index (χ3v) is 5.59. The van der Waals surface area contributed by atoms with Crippen molar-refractivity contribution in [1.29, 1.82) is 0 Å². The van der Waals surface area contributed by atoms with Gasteiger partial charge in [0.05, 0.1) is 13.2 Å². The Morgan fingerprint density at radius 2 is 1.25 bits per heavy atom. The fourth-order valence-corrected chi connectivity index (χ4v) is 3.65. The van der Waals surface area contributed by atoms with Crippen molar-refractivity contribution < 1.29 is 24.8 Å². The van der Waals surface area contributed by atoms with Gasteiger partial charge in [-0.3, -0.25) is 0 Å². The van der Waals surface area contributed by atoms with E-state index in [0.717, 1.165) is 6.42 Å². The van der Waals surface area contributed by atoms with Crippen molar-refractivity contribution in [1.82, 2.24) is 0 Å². The van der Waals surface area contributed by atoms with E-state index >= 15 is 0 Å². The van der Waals surface area contributed by atoms with Gasteiger partial charge in [-0.1, -0.05) is 76.7 Å². The molecule has 3 N–H and O–H groups in total. The molecule has 5 nitrogen and oxygen atoms in total. The Morgan fingerprint density at radius 3 is 1.79 bits per heavy atom. The van der Waals surface area contributed by atoms with Crippen molar-refractivity contribution in [3.8, 4) is 0 Å². The summed E-state index contributed by atoms with van der Waals surface area (Å²) in [6, 6.07) is 0. The topological polar surface area (TPSA) is 79.2 Å². The molecule has 0 unspecified atom stereocenters. The van der Waals surface area contributed by atoms with Crippen LogP contribution in [0.3, 0.4) is 0 Å². The smallest absolute Gasteiger partial charge is 0.111 e. The highest BCUT2D eigenvalue weighted by molar-refractivity contribution is 4.86. The number of hydrogen-bond donors (Lipinski definition) is 3. The monoisotopic (exact) mass is 400 g/mol. The quantitative estimate of drug-likeness (QED) is 0.238. The van der Waals surface area contributed by atoms with E-state index in [9.17, 15) is 15.3 Å². The Bertz CT molecular complexity index is 363. The molecule has 0 aromatic rings. The third kappa shape index (κ3) is 12.2. The lowest BCUT2D eigenvalue weighted by Crippen LogP contribution is -2.54. The lowest BCUT2D eigenvalue weighted by atomic mass is 10.0. The molecule has 28 heavy (non-hydrogen) atoms. The summed E-state index contributed by atoms with van der Waals surface area (Å²) in [5.74, 6) is 0. The second kappa shape index (κ2) is 17.4. The molecule has 1 rings (SSSR count). The van der Waals surface area contributed by atoms with Crippen LogP contribution in [0.5, 0.6) is 0 Å². The van der Waals surface area contributed by atoms with Gasteiger partial charge in [-0.15, -0.1) is 6.58 Å². The normalized spacial score (nSPS) is 25.1. The number of hydrogen-bond acceptors (Lipinski definition) is 5. The zero-order chi connectivity index (χ0) is 20.5. The number of aliphatic hydroxyl groups is 3. The summed E-state index contributed by atoms with van der Waals surface area (Å²) < 4.78 is 10.9. The molecule has 1 saturated heterocycles. The Kier molecular flexibility index (Phi) is 15.9. The first-order chi connectivity index (χ1) is 13.7. The summed E-state index contributed by atoms with van der Waals surface area (Å²) >= 11 is 0. The summed E-state index contributed by atoms with van der Waals surface area (Å²) in [5.41, 5.74) is 0. The van der Waals surface area contributed by atoms with Crippen LogP contribution in [0.4, 0.5) is 0 Å². The highest BCUT2D eigenvalue weighted by atomic mass is 16.6. The molecule has 1 heterocycles. The summed E-state index contributed by atoms with van der Waals surface area (Å²) in [5, 5.41) is 28.9. The molecular weight excluding hydrogens is 356 g/mol. The predicted octanol–water partition coefficient (Wildman–Crippen LogP) is 4.13. The number of ether oxygens (including phenoxy) is 2. The summed E-state index contributed by atoms with van der Waals surface area (Å²) in [4.78, 5) is 0. The van der Waals surface area contributed by atoms with E-state index in [1.54, 1.807) is 0 Å². The highest BCUT2D eigenvalue weighted by Crippen LogP contribution is 2.16. The molecule has 0 amide bonds. The first-order valence-corrected chi connectivity index (χ1v) is 11.5. The molecule has 0 spiro atoms. The van der Waals surface area contributed by atoms with Gasteiger partial charge in [0, 0.05) is 6.61 Å². The Hall–Kier alpha value is -0.460. The summed E-state index contributed by atoms with van der Waals surface area (Å²) in [6.07, 6.45) is 16.4. The zero-order valence-corrected chi connectivity index (χ0v) is 17.8. The third-order valence-electron chi connectivity index (χ3n) is 5.59. The van der Waals surface area contributed by atoms with E-state index in [4.69, 9.17) is 9.47 Å². The highest BCUT2D eigenvalue weighted by Gasteiger charge is 2.37. The van der Waals surface area contributed by atoms with Crippen molar-refractivity contribution in [2.24, 2.45) is 0 Å². The largest absolute Gasteiger partial charge is 0.388 e. The van der Waals surface area contributed by atoms with E-state index in [1.807, 2.05) is 6.08 Å². The molecule has 0 saturated carbocycles. The number of unbranched alkanes of at least 4 members (excludes halogenated alkanes) is 13. The van der Waals surface area contributed by atoms with Crippen LogP contribution in [-0.2, 0) is 9.47 Å². The van der Waals surface area contributed by atoms with E-state index in [0.29, 0.717) is 6.61 Å². The summed E-state index contributed by atoms with van der Waals surface area (Å²) in [6.45, 7) is 4.72. The summed E-state index contributed by atoms with van der Waals surface area (Å²) in [7, 11) is 0. The van der Waals surface area contributed by atoms with Crippen LogP contribution in [-0.4, -0.2) is 59.6 Å². The Morgan fingerprint density at radius 1 is 0.750 bits per heavy atom. The minimum Gasteiger partial charge on any atom is -0.388 e. The Balaban J connectivity index is 1.77. The standard InChI is InChI=1S/C23H44O5/c1-2-3-4-5-6-7-8-9-10-11-12-13-14-15-16-17-27-19-21-23(26)22(25)20(24)18-28-21/h2,20-26H,1,3-19H2/t20-,21+,22+,23+/m0/s1. The first-order valence-electron chi connectivity index (χ1n) is 11.5. The van der Waals surface area contributed by atoms with Gasteiger partial charge >= 0.3 is 0 Å². The minimum absolute atomic E-state index is 0.0436. The molecule has 1 aliphatic heterocycles. The molecule has 4 atom stereocenters. The number of aliphatic hydroxyl groups excluding tert-OH is 3. The molecule has 0 bridgehead atoms. The van der Waals surface area contributed by atoms with E-state index < -0.39 is 24.4 Å². The molecule has 5 heteroatoms. The van der Waals surface area contributed by atoms with Gasteiger partial charge in [-0.05, 0) is 19.3 Å². The number of rotatable bonds is 18. The molecular formula is C23H44O5. The second-order valence-corrected chi connectivity index (χ2v) is 8.17. The van der Waals surface area contributed by atoms with E-state index in [1.165, 1.54) is 83.5 Å². The van der Waals surface area contributed by atoms with Gasteiger partial charge in [0.15, 0.2) is 0 Å². The Labute approximate surface area is 172 Å². The molecule has 166 valence electrons. The molecule has 0 aromatic carbocycles. The fourth-order valence-electron chi connectivity index (χ4n) is 3.65. The maximum Gasteiger partial charge on any atom is 0.111 e. The molecule has 0 aliphatic carbocycles. The maximum absolute atomic E-state index is 9.82. The zero-order valence-electron chi connectivity index (χ0n) is 17.8. The average molecular weight is 401 g/mol. The van der Waals surface area contributed by atoms with Crippen LogP contribution >= 0.6 is 0 Å². The maximum atomic E-state index is 9.82. The van der Waals surface area contributed by atoms with Gasteiger partial charge in [0.25, 0.3) is 0 Å². The molecule has 1 aliphatic rings. The van der Waals surface area contributed by atoms with Gasteiger partial charge in [0.1, 0.15) is 24.4 Å². The van der Waals surface area contributed by atoms with Crippen molar-refractivity contribution >= 4 is 0 Å². The second-order valence-electron chi connectivity index (χ2n) is 8.17. The van der Waals surface area contributed by atoms with Crippen LogP contribution < -0.4 is 0 Å². The van der Waals surface area contributed by atoms with E-state index in [2.05, 4.69) is 6.58 Å². The van der Waals surface area contributed by atoms with Crippen molar-refractivity contribution in [2.45, 2.75) is 114 Å². The van der Waals surface area contributed by atoms with E-state index in [-0.39, 0.29) is 13.2 Å². The molecule has 1 fully saturated rings. The van der Waals surface area contributed by atoms with Crippen LogP contribution in [0.1, 0.15) is 89.9 Å².